The quantitative estimate of drug-likeness (QED) is 0.593. The molecule has 1 heterocycles. The van der Waals surface area contributed by atoms with Gasteiger partial charge in [-0.15, -0.1) is 0 Å². The van der Waals surface area contributed by atoms with Crippen LogP contribution in [0.3, 0.4) is 0 Å². The number of aromatic nitrogens is 1. The van der Waals surface area contributed by atoms with Gasteiger partial charge in [-0.3, -0.25) is 0 Å². The van der Waals surface area contributed by atoms with Crippen LogP contribution in [0, 0.1) is 0 Å². The molecule has 0 fully saturated rings. The van der Waals surface area contributed by atoms with E-state index in [0.717, 1.165) is 21.8 Å². The van der Waals surface area contributed by atoms with E-state index in [0.29, 0.717) is 29.7 Å². The molecule has 1 atom stereocenters. The number of nitrogens with two attached hydrogens (primary N) is 1. The maximum absolute atomic E-state index is 10.3. The zero-order chi connectivity index (χ0) is 16.4. The fourth-order valence-corrected chi connectivity index (χ4v) is 3.28. The summed E-state index contributed by atoms with van der Waals surface area (Å²) in [7, 11) is 0. The average molecular weight is 354 g/mol. The van der Waals surface area contributed by atoms with Crippen LogP contribution in [0.2, 0.25) is 10.0 Å². The van der Waals surface area contributed by atoms with E-state index >= 15 is 0 Å². The molecule has 3 aromatic rings. The lowest BCUT2D eigenvalue weighted by molar-refractivity contribution is -0.662. The van der Waals surface area contributed by atoms with E-state index in [1.807, 2.05) is 41.7 Å². The minimum Gasteiger partial charge on any atom is -0.391 e. The number of aliphatic hydroxyl groups excluding tert-OH is 2. The monoisotopic (exact) mass is 353 g/mol. The van der Waals surface area contributed by atoms with Crippen molar-refractivity contribution < 1.29 is 15.5 Å². The molecule has 0 bridgehead atoms. The summed E-state index contributed by atoms with van der Waals surface area (Å²) in [5.74, 6) is 0. The number of nitrogens with zero attached hydrogens (tertiary/aromatic N) is 1. The van der Waals surface area contributed by atoms with E-state index < -0.39 is 6.10 Å². The molecular weight excluding hydrogens is 335 g/mol. The fraction of sp³-hybridized carbons (Fsp3) is 0.294. The summed E-state index contributed by atoms with van der Waals surface area (Å²) in [5, 5.41) is 24.4. The molecular formula is C17H19Cl2N2O2+. The second-order valence-electron chi connectivity index (χ2n) is 5.62. The number of hydrogen-bond acceptors (Lipinski definition) is 2. The van der Waals surface area contributed by atoms with E-state index in [1.165, 1.54) is 0 Å². The zero-order valence-corrected chi connectivity index (χ0v) is 14.1. The first-order chi connectivity index (χ1) is 11.1. The summed E-state index contributed by atoms with van der Waals surface area (Å²) in [6.07, 6.45) is -0.508. The molecule has 0 aliphatic carbocycles. The van der Waals surface area contributed by atoms with Gasteiger partial charge < -0.3 is 20.1 Å². The Labute approximate surface area is 144 Å². The topological polar surface area (TPSA) is 62.0 Å². The molecule has 6 heteroatoms. The Morgan fingerprint density at radius 2 is 1.57 bits per heavy atom. The van der Waals surface area contributed by atoms with Crippen molar-refractivity contribution in [3.8, 4) is 0 Å². The van der Waals surface area contributed by atoms with Gasteiger partial charge in [-0.2, -0.15) is 0 Å². The van der Waals surface area contributed by atoms with Crippen molar-refractivity contribution in [2.75, 3.05) is 19.7 Å². The van der Waals surface area contributed by atoms with Gasteiger partial charge in [0.2, 0.25) is 0 Å². The molecule has 0 aliphatic rings. The van der Waals surface area contributed by atoms with Crippen molar-refractivity contribution >= 4 is 45.0 Å². The maximum atomic E-state index is 10.3. The summed E-state index contributed by atoms with van der Waals surface area (Å²) < 4.78 is 2.09. The Hall–Kier alpha value is -1.30. The third-order valence-corrected chi connectivity index (χ3v) is 4.42. The second kappa shape index (κ2) is 7.07. The van der Waals surface area contributed by atoms with Crippen LogP contribution < -0.4 is 5.32 Å². The van der Waals surface area contributed by atoms with Crippen LogP contribution in [0.1, 0.15) is 0 Å². The summed E-state index contributed by atoms with van der Waals surface area (Å²) in [6, 6.07) is 11.5. The van der Waals surface area contributed by atoms with E-state index in [2.05, 4.69) is 4.57 Å². The van der Waals surface area contributed by atoms with Gasteiger partial charge in [0.15, 0.2) is 0 Å². The van der Waals surface area contributed by atoms with Crippen LogP contribution in [0.4, 0.5) is 0 Å². The first-order valence-electron chi connectivity index (χ1n) is 7.57. The van der Waals surface area contributed by atoms with E-state index in [1.54, 1.807) is 0 Å². The van der Waals surface area contributed by atoms with Crippen molar-refractivity contribution in [2.24, 2.45) is 0 Å². The molecule has 0 amide bonds. The Kier molecular flexibility index (Phi) is 5.09. The standard InChI is InChI=1S/C17H18Cl2N2O2/c18-11-1-3-16-14(7-11)15-8-12(19)2-4-17(15)21(16)10-13(23)9-20-5-6-22/h1-4,7-8,13,20,22-23H,5-6,9-10H2/p+1/t13-/m1/s1. The number of hydrogen-bond donors (Lipinski definition) is 3. The van der Waals surface area contributed by atoms with Crippen molar-refractivity contribution in [2.45, 2.75) is 12.6 Å². The first kappa shape index (κ1) is 16.6. The molecule has 2 aromatic carbocycles. The SMILES string of the molecule is OCC[NH2+]C[C@@H](O)Cn1c2ccc(Cl)cc2c2cc(Cl)ccc21. The van der Waals surface area contributed by atoms with Crippen LogP contribution in [0.5, 0.6) is 0 Å². The normalized spacial score (nSPS) is 13.0. The number of benzene rings is 2. The number of quaternary nitrogens is 1. The van der Waals surface area contributed by atoms with Gasteiger partial charge in [0.25, 0.3) is 0 Å². The van der Waals surface area contributed by atoms with Crippen molar-refractivity contribution in [1.82, 2.24) is 4.57 Å². The summed E-state index contributed by atoms with van der Waals surface area (Å²) in [4.78, 5) is 0. The van der Waals surface area contributed by atoms with Crippen LogP contribution in [-0.2, 0) is 6.54 Å². The lowest BCUT2D eigenvalue weighted by atomic mass is 10.1. The van der Waals surface area contributed by atoms with Crippen LogP contribution in [-0.4, -0.2) is 40.6 Å². The van der Waals surface area contributed by atoms with E-state index in [4.69, 9.17) is 28.3 Å². The molecule has 0 aliphatic heterocycles. The Bertz CT molecular complexity index is 773. The summed E-state index contributed by atoms with van der Waals surface area (Å²) in [6.45, 7) is 1.72. The van der Waals surface area contributed by atoms with Gasteiger partial charge >= 0.3 is 0 Å². The largest absolute Gasteiger partial charge is 0.391 e. The summed E-state index contributed by atoms with van der Waals surface area (Å²) in [5.41, 5.74) is 2.04. The predicted octanol–water partition coefficient (Wildman–Crippen LogP) is 2.02. The molecule has 0 unspecified atom stereocenters. The fourth-order valence-electron chi connectivity index (χ4n) is 2.93. The number of rotatable bonds is 6. The molecule has 23 heavy (non-hydrogen) atoms. The van der Waals surface area contributed by atoms with E-state index in [9.17, 15) is 5.11 Å². The molecule has 0 radical (unpaired) electrons. The predicted molar refractivity (Wildman–Crippen MR) is 94.2 cm³/mol. The van der Waals surface area contributed by atoms with Gasteiger partial charge in [0, 0.05) is 31.9 Å². The minimum absolute atomic E-state index is 0.110. The molecule has 0 spiro atoms. The van der Waals surface area contributed by atoms with Crippen LogP contribution in [0.25, 0.3) is 21.8 Å². The molecule has 0 saturated carbocycles. The average Bonchev–Trinajstić information content (AvgIpc) is 2.80. The smallest absolute Gasteiger partial charge is 0.121 e. The Morgan fingerprint density at radius 3 is 2.09 bits per heavy atom. The van der Waals surface area contributed by atoms with Crippen molar-refractivity contribution in [1.29, 1.82) is 0 Å². The zero-order valence-electron chi connectivity index (χ0n) is 12.5. The Balaban J connectivity index is 2.03. The number of fused-ring (bicyclic) bond motifs is 3. The lowest BCUT2D eigenvalue weighted by Gasteiger charge is -2.13. The molecule has 122 valence electrons. The molecule has 3 rings (SSSR count). The third kappa shape index (κ3) is 3.47. The molecule has 4 N–H and O–H groups in total. The van der Waals surface area contributed by atoms with Gasteiger partial charge in [-0.1, -0.05) is 23.2 Å². The highest BCUT2D eigenvalue weighted by Gasteiger charge is 2.15. The second-order valence-corrected chi connectivity index (χ2v) is 6.50. The van der Waals surface area contributed by atoms with Crippen LogP contribution in [0.15, 0.2) is 36.4 Å². The van der Waals surface area contributed by atoms with E-state index in [-0.39, 0.29) is 6.61 Å². The highest BCUT2D eigenvalue weighted by atomic mass is 35.5. The van der Waals surface area contributed by atoms with Gasteiger partial charge in [0.05, 0.1) is 19.7 Å². The Morgan fingerprint density at radius 1 is 1.00 bits per heavy atom. The van der Waals surface area contributed by atoms with Crippen molar-refractivity contribution in [3.05, 3.63) is 46.4 Å². The molecule has 1 aromatic heterocycles. The van der Waals surface area contributed by atoms with Crippen LogP contribution >= 0.6 is 23.2 Å². The van der Waals surface area contributed by atoms with Gasteiger partial charge in [-0.05, 0) is 36.4 Å². The van der Waals surface area contributed by atoms with Crippen molar-refractivity contribution in [3.63, 3.8) is 0 Å². The minimum atomic E-state index is -0.508. The summed E-state index contributed by atoms with van der Waals surface area (Å²) >= 11 is 12.3. The number of halogens is 2. The third-order valence-electron chi connectivity index (χ3n) is 3.95. The highest BCUT2D eigenvalue weighted by molar-refractivity contribution is 6.33. The lowest BCUT2D eigenvalue weighted by Crippen LogP contribution is -2.87. The maximum Gasteiger partial charge on any atom is 0.121 e. The first-order valence-corrected chi connectivity index (χ1v) is 8.33. The van der Waals surface area contributed by atoms with Gasteiger partial charge in [-0.25, -0.2) is 0 Å². The van der Waals surface area contributed by atoms with Gasteiger partial charge in [0.1, 0.15) is 12.6 Å². The number of aliphatic hydroxyl groups is 2. The highest BCUT2D eigenvalue weighted by Crippen LogP contribution is 2.32. The molecule has 4 nitrogen and oxygen atoms in total. The molecule has 0 saturated heterocycles.